The number of hydrogen-bond donors (Lipinski definition) is 0. The predicted octanol–water partition coefficient (Wildman–Crippen LogP) is 3.79. The highest BCUT2D eigenvalue weighted by Crippen LogP contribution is 2.45. The molecule has 0 spiro atoms. The van der Waals surface area contributed by atoms with E-state index >= 15 is 0 Å². The molecule has 0 aromatic heterocycles. The first-order valence-corrected chi connectivity index (χ1v) is 7.82. The van der Waals surface area contributed by atoms with Crippen LogP contribution < -0.4 is 14.2 Å². The maximum atomic E-state index is 6.21. The van der Waals surface area contributed by atoms with Crippen molar-refractivity contribution in [3.8, 4) is 23.0 Å². The second kappa shape index (κ2) is 6.50. The van der Waals surface area contributed by atoms with E-state index < -0.39 is 0 Å². The molecule has 0 amide bonds. The number of fused-ring (bicyclic) bond motifs is 1. The van der Waals surface area contributed by atoms with Crippen molar-refractivity contribution in [3.63, 3.8) is 0 Å². The van der Waals surface area contributed by atoms with Crippen LogP contribution in [0.2, 0.25) is 0 Å². The summed E-state index contributed by atoms with van der Waals surface area (Å²) in [5.41, 5.74) is 3.65. The van der Waals surface area contributed by atoms with Crippen molar-refractivity contribution in [2.45, 2.75) is 19.9 Å². The summed E-state index contributed by atoms with van der Waals surface area (Å²) < 4.78 is 17.3. The van der Waals surface area contributed by atoms with Gasteiger partial charge in [0.2, 0.25) is 5.75 Å². The highest BCUT2D eigenvalue weighted by molar-refractivity contribution is 5.61. The molecule has 0 N–H and O–H groups in total. The van der Waals surface area contributed by atoms with Gasteiger partial charge in [0.25, 0.3) is 0 Å². The molecule has 1 heterocycles. The molecule has 0 fully saturated rings. The van der Waals surface area contributed by atoms with Crippen LogP contribution in [0.15, 0.2) is 30.3 Å². The molecule has 23 heavy (non-hydrogen) atoms. The predicted molar refractivity (Wildman–Crippen MR) is 90.8 cm³/mol. The lowest BCUT2D eigenvalue weighted by atomic mass is 9.98. The van der Waals surface area contributed by atoms with Crippen LogP contribution in [0.25, 0.3) is 0 Å². The molecule has 4 nitrogen and oxygen atoms in total. The summed E-state index contributed by atoms with van der Waals surface area (Å²) >= 11 is 0. The largest absolute Gasteiger partial charge is 0.493 e. The van der Waals surface area contributed by atoms with E-state index in [1.165, 1.54) is 16.7 Å². The lowest BCUT2D eigenvalue weighted by Crippen LogP contribution is -2.27. The smallest absolute Gasteiger partial charge is 0.204 e. The molecule has 1 aliphatic rings. The first-order valence-electron chi connectivity index (χ1n) is 7.82. The third-order valence-corrected chi connectivity index (χ3v) is 4.25. The minimum absolute atomic E-state index is 0.655. The maximum absolute atomic E-state index is 6.21. The van der Waals surface area contributed by atoms with Gasteiger partial charge in [-0.25, -0.2) is 0 Å². The SMILES string of the molecule is COc1cc2c(c(Oc3ccc(C)cc3)c1OC)CN(C)CC2. The number of hydrogen-bond acceptors (Lipinski definition) is 4. The average Bonchev–Trinajstić information content (AvgIpc) is 2.56. The summed E-state index contributed by atoms with van der Waals surface area (Å²) in [4.78, 5) is 2.29. The van der Waals surface area contributed by atoms with Gasteiger partial charge in [-0.2, -0.15) is 0 Å². The van der Waals surface area contributed by atoms with Gasteiger partial charge < -0.3 is 19.1 Å². The Morgan fingerprint density at radius 3 is 2.39 bits per heavy atom. The second-order valence-electron chi connectivity index (χ2n) is 5.98. The van der Waals surface area contributed by atoms with E-state index in [1.807, 2.05) is 24.3 Å². The summed E-state index contributed by atoms with van der Waals surface area (Å²) in [5, 5.41) is 0. The van der Waals surface area contributed by atoms with Gasteiger partial charge in [-0.3, -0.25) is 0 Å². The van der Waals surface area contributed by atoms with Crippen LogP contribution >= 0.6 is 0 Å². The highest BCUT2D eigenvalue weighted by atomic mass is 16.5. The molecule has 0 saturated heterocycles. The van der Waals surface area contributed by atoms with Gasteiger partial charge in [0, 0.05) is 18.7 Å². The fraction of sp³-hybridized carbons (Fsp3) is 0.368. The number of nitrogens with zero attached hydrogens (tertiary/aromatic N) is 1. The molecule has 0 unspecified atom stereocenters. The Bertz CT molecular complexity index is 695. The van der Waals surface area contributed by atoms with E-state index in [2.05, 4.69) is 24.9 Å². The zero-order chi connectivity index (χ0) is 16.4. The van der Waals surface area contributed by atoms with E-state index in [0.717, 1.165) is 36.8 Å². The Hall–Kier alpha value is -2.20. The first-order chi connectivity index (χ1) is 11.1. The van der Waals surface area contributed by atoms with E-state index in [4.69, 9.17) is 14.2 Å². The van der Waals surface area contributed by atoms with Crippen LogP contribution in [0.3, 0.4) is 0 Å². The number of ether oxygens (including phenoxy) is 3. The monoisotopic (exact) mass is 313 g/mol. The van der Waals surface area contributed by atoms with E-state index in [1.54, 1.807) is 14.2 Å². The van der Waals surface area contributed by atoms with Crippen LogP contribution in [0.1, 0.15) is 16.7 Å². The molecule has 0 atom stereocenters. The molecule has 3 rings (SSSR count). The number of rotatable bonds is 4. The Kier molecular flexibility index (Phi) is 4.44. The fourth-order valence-corrected chi connectivity index (χ4v) is 2.94. The molecule has 0 bridgehead atoms. The standard InChI is InChI=1S/C19H23NO3/c1-13-5-7-15(8-6-13)23-18-16-12-20(2)10-9-14(16)11-17(21-3)19(18)22-4/h5-8,11H,9-10,12H2,1-4H3. The van der Waals surface area contributed by atoms with Crippen LogP contribution in [-0.4, -0.2) is 32.7 Å². The third-order valence-electron chi connectivity index (χ3n) is 4.25. The van der Waals surface area contributed by atoms with Gasteiger partial charge in [0.05, 0.1) is 14.2 Å². The first kappa shape index (κ1) is 15.7. The van der Waals surface area contributed by atoms with Crippen molar-refractivity contribution in [1.29, 1.82) is 0 Å². The van der Waals surface area contributed by atoms with Gasteiger partial charge >= 0.3 is 0 Å². The summed E-state index contributed by atoms with van der Waals surface area (Å²) in [6, 6.07) is 10.1. The summed E-state index contributed by atoms with van der Waals surface area (Å²) in [5.74, 6) is 2.94. The Morgan fingerprint density at radius 1 is 1.00 bits per heavy atom. The molecule has 4 heteroatoms. The quantitative estimate of drug-likeness (QED) is 0.859. The Morgan fingerprint density at radius 2 is 1.74 bits per heavy atom. The molecule has 0 saturated carbocycles. The molecular formula is C19H23NO3. The van der Waals surface area contributed by atoms with Crippen molar-refractivity contribution in [2.24, 2.45) is 0 Å². The summed E-state index contributed by atoms with van der Waals surface area (Å²) in [6.07, 6.45) is 0.983. The number of benzene rings is 2. The third kappa shape index (κ3) is 3.13. The van der Waals surface area contributed by atoms with Gasteiger partial charge in [0.1, 0.15) is 5.75 Å². The van der Waals surface area contributed by atoms with E-state index in [9.17, 15) is 0 Å². The summed E-state index contributed by atoms with van der Waals surface area (Å²) in [6.45, 7) is 3.94. The molecule has 0 aliphatic carbocycles. The highest BCUT2D eigenvalue weighted by Gasteiger charge is 2.25. The number of likely N-dealkylation sites (N-methyl/N-ethyl adjacent to an activating group) is 1. The minimum atomic E-state index is 0.655. The van der Waals surface area contributed by atoms with Gasteiger partial charge in [-0.05, 0) is 44.2 Å². The average molecular weight is 313 g/mol. The second-order valence-corrected chi connectivity index (χ2v) is 5.98. The zero-order valence-corrected chi connectivity index (χ0v) is 14.2. The fourth-order valence-electron chi connectivity index (χ4n) is 2.94. The lowest BCUT2D eigenvalue weighted by molar-refractivity contribution is 0.294. The normalized spacial score (nSPS) is 14.3. The van der Waals surface area contributed by atoms with Gasteiger partial charge in [-0.15, -0.1) is 0 Å². The van der Waals surface area contributed by atoms with Crippen molar-refractivity contribution in [2.75, 3.05) is 27.8 Å². The van der Waals surface area contributed by atoms with Crippen LogP contribution in [-0.2, 0) is 13.0 Å². The molecular weight excluding hydrogens is 290 g/mol. The molecule has 2 aromatic rings. The van der Waals surface area contributed by atoms with Crippen molar-refractivity contribution in [3.05, 3.63) is 47.0 Å². The summed E-state index contributed by atoms with van der Waals surface area (Å²) in [7, 11) is 5.43. The van der Waals surface area contributed by atoms with Gasteiger partial charge in [0.15, 0.2) is 11.5 Å². The van der Waals surface area contributed by atoms with E-state index in [-0.39, 0.29) is 0 Å². The van der Waals surface area contributed by atoms with Crippen molar-refractivity contribution in [1.82, 2.24) is 4.90 Å². The van der Waals surface area contributed by atoms with Crippen molar-refractivity contribution < 1.29 is 14.2 Å². The molecule has 0 radical (unpaired) electrons. The molecule has 2 aromatic carbocycles. The Balaban J connectivity index is 2.09. The zero-order valence-electron chi connectivity index (χ0n) is 14.2. The lowest BCUT2D eigenvalue weighted by Gasteiger charge is -2.28. The van der Waals surface area contributed by atoms with Crippen LogP contribution in [0.4, 0.5) is 0 Å². The minimum Gasteiger partial charge on any atom is -0.493 e. The molecule has 122 valence electrons. The topological polar surface area (TPSA) is 30.9 Å². The van der Waals surface area contributed by atoms with Crippen molar-refractivity contribution >= 4 is 0 Å². The Labute approximate surface area is 137 Å². The number of methoxy groups -OCH3 is 2. The number of aryl methyl sites for hydroxylation is 1. The van der Waals surface area contributed by atoms with E-state index in [0.29, 0.717) is 5.75 Å². The maximum Gasteiger partial charge on any atom is 0.204 e. The van der Waals surface area contributed by atoms with Crippen LogP contribution in [0, 0.1) is 6.92 Å². The van der Waals surface area contributed by atoms with Gasteiger partial charge in [-0.1, -0.05) is 17.7 Å². The molecule has 1 aliphatic heterocycles. The van der Waals surface area contributed by atoms with Crippen LogP contribution in [0.5, 0.6) is 23.0 Å².